The first-order valence-corrected chi connectivity index (χ1v) is 7.88. The molecular formula is C19H25FN2O2. The van der Waals surface area contributed by atoms with Gasteiger partial charge in [0.25, 0.3) is 0 Å². The molecule has 0 amide bonds. The normalized spacial score (nSPS) is 12.2. The minimum atomic E-state index is -0.217. The van der Waals surface area contributed by atoms with Crippen molar-refractivity contribution in [1.82, 2.24) is 10.2 Å². The van der Waals surface area contributed by atoms with Crippen LogP contribution in [0, 0.1) is 5.82 Å². The summed E-state index contributed by atoms with van der Waals surface area (Å²) in [5, 5.41) is 3.45. The molecule has 0 aliphatic rings. The number of methoxy groups -OCH3 is 2. The first-order chi connectivity index (χ1) is 11.5. The maximum absolute atomic E-state index is 13.1. The number of likely N-dealkylation sites (N-methyl/N-ethyl adjacent to an activating group) is 1. The Morgan fingerprint density at radius 2 is 1.75 bits per heavy atom. The molecule has 0 bridgehead atoms. The van der Waals surface area contributed by atoms with E-state index < -0.39 is 0 Å². The van der Waals surface area contributed by atoms with E-state index in [0.717, 1.165) is 29.2 Å². The molecule has 0 spiro atoms. The molecule has 0 aliphatic carbocycles. The van der Waals surface area contributed by atoms with E-state index in [-0.39, 0.29) is 11.9 Å². The third-order valence-corrected chi connectivity index (χ3v) is 4.02. The Balaban J connectivity index is 2.04. The van der Waals surface area contributed by atoms with Crippen LogP contribution >= 0.6 is 0 Å². The second kappa shape index (κ2) is 8.66. The Hall–Kier alpha value is -2.11. The van der Waals surface area contributed by atoms with Gasteiger partial charge >= 0.3 is 0 Å². The molecule has 4 nitrogen and oxygen atoms in total. The van der Waals surface area contributed by atoms with Crippen molar-refractivity contribution < 1.29 is 13.9 Å². The minimum absolute atomic E-state index is 0.155. The van der Waals surface area contributed by atoms with E-state index in [9.17, 15) is 4.39 Å². The lowest BCUT2D eigenvalue weighted by Crippen LogP contribution is -2.30. The number of rotatable bonds is 8. The van der Waals surface area contributed by atoms with Crippen LogP contribution in [-0.2, 0) is 6.54 Å². The number of nitrogens with zero attached hydrogens (tertiary/aromatic N) is 1. The highest BCUT2D eigenvalue weighted by Crippen LogP contribution is 2.24. The van der Waals surface area contributed by atoms with E-state index in [1.54, 1.807) is 14.2 Å². The number of hydrogen-bond acceptors (Lipinski definition) is 4. The van der Waals surface area contributed by atoms with Gasteiger partial charge in [-0.15, -0.1) is 0 Å². The monoisotopic (exact) mass is 332 g/mol. The number of halogens is 1. The van der Waals surface area contributed by atoms with Crippen molar-refractivity contribution in [3.63, 3.8) is 0 Å². The van der Waals surface area contributed by atoms with Crippen molar-refractivity contribution in [3.05, 3.63) is 59.4 Å². The van der Waals surface area contributed by atoms with Gasteiger partial charge in [0, 0.05) is 24.7 Å². The summed E-state index contributed by atoms with van der Waals surface area (Å²) in [7, 11) is 7.34. The molecule has 24 heavy (non-hydrogen) atoms. The summed E-state index contributed by atoms with van der Waals surface area (Å²) < 4.78 is 23.8. The van der Waals surface area contributed by atoms with Crippen molar-refractivity contribution in [2.24, 2.45) is 0 Å². The molecule has 2 aromatic rings. The maximum Gasteiger partial charge on any atom is 0.123 e. The van der Waals surface area contributed by atoms with Crippen LogP contribution in [0.4, 0.5) is 4.39 Å². The summed E-state index contributed by atoms with van der Waals surface area (Å²) in [4.78, 5) is 2.11. The average molecular weight is 332 g/mol. The standard InChI is InChI=1S/C19H25FN2O2/c1-22(2)18(14-5-7-16(20)8-6-14)13-21-12-15-11-17(23-3)9-10-19(15)24-4/h5-11,18,21H,12-13H2,1-4H3. The topological polar surface area (TPSA) is 33.7 Å². The second-order valence-corrected chi connectivity index (χ2v) is 5.84. The third kappa shape index (κ3) is 4.69. The van der Waals surface area contributed by atoms with E-state index in [1.807, 2.05) is 44.4 Å². The zero-order chi connectivity index (χ0) is 17.5. The fourth-order valence-electron chi connectivity index (χ4n) is 2.65. The van der Waals surface area contributed by atoms with Crippen LogP contribution < -0.4 is 14.8 Å². The molecule has 1 atom stereocenters. The van der Waals surface area contributed by atoms with Gasteiger partial charge in [0.05, 0.1) is 14.2 Å². The summed E-state index contributed by atoms with van der Waals surface area (Å²) in [6.45, 7) is 1.39. The van der Waals surface area contributed by atoms with Crippen LogP contribution in [0.1, 0.15) is 17.2 Å². The van der Waals surface area contributed by atoms with Crippen LogP contribution in [0.2, 0.25) is 0 Å². The van der Waals surface area contributed by atoms with Crippen LogP contribution in [0.3, 0.4) is 0 Å². The molecule has 0 saturated heterocycles. The molecular weight excluding hydrogens is 307 g/mol. The SMILES string of the molecule is COc1ccc(OC)c(CNCC(c2ccc(F)cc2)N(C)C)c1. The average Bonchev–Trinajstić information content (AvgIpc) is 2.59. The fourth-order valence-corrected chi connectivity index (χ4v) is 2.65. The van der Waals surface area contributed by atoms with Gasteiger partial charge < -0.3 is 19.7 Å². The molecule has 1 N–H and O–H groups in total. The zero-order valence-electron chi connectivity index (χ0n) is 14.7. The summed E-state index contributed by atoms with van der Waals surface area (Å²) in [6.07, 6.45) is 0. The Morgan fingerprint density at radius 1 is 1.04 bits per heavy atom. The molecule has 0 saturated carbocycles. The molecule has 5 heteroatoms. The van der Waals surface area contributed by atoms with Gasteiger partial charge in [0.2, 0.25) is 0 Å². The molecule has 1 unspecified atom stereocenters. The van der Waals surface area contributed by atoms with Gasteiger partial charge in [-0.1, -0.05) is 12.1 Å². The Kier molecular flexibility index (Phi) is 6.58. The predicted octanol–water partition coefficient (Wildman–Crippen LogP) is 3.24. The lowest BCUT2D eigenvalue weighted by Gasteiger charge is -2.25. The van der Waals surface area contributed by atoms with Crippen molar-refractivity contribution in [2.45, 2.75) is 12.6 Å². The molecule has 0 radical (unpaired) electrons. The van der Waals surface area contributed by atoms with Gasteiger partial charge in [-0.05, 0) is 50.0 Å². The van der Waals surface area contributed by atoms with Crippen molar-refractivity contribution in [3.8, 4) is 11.5 Å². The fraction of sp³-hybridized carbons (Fsp3) is 0.368. The van der Waals surface area contributed by atoms with Gasteiger partial charge in [-0.25, -0.2) is 4.39 Å². The summed E-state index contributed by atoms with van der Waals surface area (Å²) in [6, 6.07) is 12.6. The molecule has 2 rings (SSSR count). The van der Waals surface area contributed by atoms with E-state index >= 15 is 0 Å². The number of benzene rings is 2. The first kappa shape index (κ1) is 18.2. The highest BCUT2D eigenvalue weighted by Gasteiger charge is 2.14. The third-order valence-electron chi connectivity index (χ3n) is 4.02. The maximum atomic E-state index is 13.1. The molecule has 0 aromatic heterocycles. The Labute approximate surface area is 143 Å². The molecule has 130 valence electrons. The van der Waals surface area contributed by atoms with E-state index in [2.05, 4.69) is 10.2 Å². The van der Waals surface area contributed by atoms with Gasteiger partial charge in [0.15, 0.2) is 0 Å². The molecule has 0 aliphatic heterocycles. The minimum Gasteiger partial charge on any atom is -0.497 e. The van der Waals surface area contributed by atoms with E-state index in [4.69, 9.17) is 9.47 Å². The smallest absolute Gasteiger partial charge is 0.123 e. The van der Waals surface area contributed by atoms with Gasteiger partial charge in [0.1, 0.15) is 17.3 Å². The number of nitrogens with one attached hydrogen (secondary N) is 1. The Morgan fingerprint density at radius 3 is 2.33 bits per heavy atom. The zero-order valence-corrected chi connectivity index (χ0v) is 14.7. The first-order valence-electron chi connectivity index (χ1n) is 7.88. The van der Waals surface area contributed by atoms with Crippen LogP contribution in [0.5, 0.6) is 11.5 Å². The van der Waals surface area contributed by atoms with Crippen LogP contribution in [-0.4, -0.2) is 39.8 Å². The second-order valence-electron chi connectivity index (χ2n) is 5.84. The highest BCUT2D eigenvalue weighted by atomic mass is 19.1. The predicted molar refractivity (Wildman–Crippen MR) is 94.1 cm³/mol. The van der Waals surface area contributed by atoms with Gasteiger partial charge in [-0.3, -0.25) is 0 Å². The lowest BCUT2D eigenvalue weighted by molar-refractivity contribution is 0.287. The summed E-state index contributed by atoms with van der Waals surface area (Å²) in [5.41, 5.74) is 2.11. The van der Waals surface area contributed by atoms with Gasteiger partial charge in [-0.2, -0.15) is 0 Å². The number of hydrogen-bond donors (Lipinski definition) is 1. The largest absolute Gasteiger partial charge is 0.497 e. The van der Waals surface area contributed by atoms with Crippen molar-refractivity contribution in [2.75, 3.05) is 34.9 Å². The van der Waals surface area contributed by atoms with Crippen molar-refractivity contribution in [1.29, 1.82) is 0 Å². The van der Waals surface area contributed by atoms with E-state index in [1.165, 1.54) is 12.1 Å². The summed E-state index contributed by atoms with van der Waals surface area (Å²) >= 11 is 0. The molecule has 2 aromatic carbocycles. The summed E-state index contributed by atoms with van der Waals surface area (Å²) in [5.74, 6) is 1.41. The van der Waals surface area contributed by atoms with Crippen LogP contribution in [0.15, 0.2) is 42.5 Å². The van der Waals surface area contributed by atoms with Crippen LogP contribution in [0.25, 0.3) is 0 Å². The lowest BCUT2D eigenvalue weighted by atomic mass is 10.1. The quantitative estimate of drug-likeness (QED) is 0.805. The van der Waals surface area contributed by atoms with Crippen molar-refractivity contribution >= 4 is 0 Å². The Bertz CT molecular complexity index is 644. The highest BCUT2D eigenvalue weighted by molar-refractivity contribution is 5.40. The van der Waals surface area contributed by atoms with E-state index in [0.29, 0.717) is 6.54 Å². The number of ether oxygens (including phenoxy) is 2. The molecule has 0 fully saturated rings. The molecule has 0 heterocycles.